The maximum atomic E-state index is 8.67. The quantitative estimate of drug-likeness (QED) is 0.603. The second-order valence-electron chi connectivity index (χ2n) is 3.54. The van der Waals surface area contributed by atoms with E-state index < -0.39 is 0 Å². The third kappa shape index (κ3) is 7.99. The molecule has 0 bridgehead atoms. The summed E-state index contributed by atoms with van der Waals surface area (Å²) in [6.07, 6.45) is 5.52. The van der Waals surface area contributed by atoms with E-state index in [0.29, 0.717) is 25.7 Å². The van der Waals surface area contributed by atoms with E-state index in [1.165, 1.54) is 0 Å². The van der Waals surface area contributed by atoms with Gasteiger partial charge in [-0.3, -0.25) is 0 Å². The zero-order valence-electron chi connectivity index (χ0n) is 10.3. The van der Waals surface area contributed by atoms with Crippen molar-refractivity contribution in [1.29, 1.82) is 21.0 Å². The normalized spacial score (nSPS) is 9.44. The largest absolute Gasteiger partial charge is 0.198 e. The van der Waals surface area contributed by atoms with Crippen LogP contribution in [-0.2, 0) is 0 Å². The molecule has 0 aliphatic heterocycles. The lowest BCUT2D eigenvalue weighted by Crippen LogP contribution is -1.95. The first kappa shape index (κ1) is 16.8. The van der Waals surface area contributed by atoms with Gasteiger partial charge in [0.25, 0.3) is 0 Å². The van der Waals surface area contributed by atoms with E-state index in [9.17, 15) is 0 Å². The highest BCUT2D eigenvalue weighted by Crippen LogP contribution is 2.69. The smallest absolute Gasteiger partial charge is 0.0625 e. The van der Waals surface area contributed by atoms with E-state index in [1.54, 1.807) is 0 Å². The van der Waals surface area contributed by atoms with E-state index >= 15 is 0 Å². The summed E-state index contributed by atoms with van der Waals surface area (Å²) < 4.78 is 0. The van der Waals surface area contributed by atoms with Crippen molar-refractivity contribution >= 4 is 15.2 Å². The van der Waals surface area contributed by atoms with Crippen LogP contribution in [0.4, 0.5) is 0 Å². The van der Waals surface area contributed by atoms with Gasteiger partial charge in [-0.2, -0.15) is 21.0 Å². The molecule has 0 radical (unpaired) electrons. The minimum Gasteiger partial charge on any atom is -0.198 e. The van der Waals surface area contributed by atoms with Crippen LogP contribution in [0.2, 0.25) is 0 Å². The van der Waals surface area contributed by atoms with Crippen LogP contribution < -0.4 is 0 Å². The molecule has 0 heterocycles. The van der Waals surface area contributed by atoms with Gasteiger partial charge in [-0.15, -0.1) is 0 Å². The van der Waals surface area contributed by atoms with E-state index in [0.717, 1.165) is 24.6 Å². The number of rotatable bonds is 9. The fraction of sp³-hybridized carbons (Fsp3) is 0.667. The molecule has 0 aromatic heterocycles. The summed E-state index contributed by atoms with van der Waals surface area (Å²) in [5, 5.41) is 34.7. The molecule has 0 aliphatic carbocycles. The summed E-state index contributed by atoms with van der Waals surface area (Å²) in [6, 6.07) is 8.62. The highest BCUT2D eigenvalue weighted by atomic mass is 32.1. The SMILES string of the molecule is N#CCCP(CCC#N)P(CCC#N)CCC#N. The van der Waals surface area contributed by atoms with Crippen LogP contribution in [0.1, 0.15) is 25.7 Å². The van der Waals surface area contributed by atoms with Crippen LogP contribution in [0.15, 0.2) is 0 Å². The Morgan fingerprint density at radius 2 is 0.722 bits per heavy atom. The summed E-state index contributed by atoms with van der Waals surface area (Å²) in [5.41, 5.74) is 0. The molecule has 0 saturated heterocycles. The average Bonchev–Trinajstić information content (AvgIpc) is 2.40. The highest BCUT2D eigenvalue weighted by molar-refractivity contribution is 8.29. The van der Waals surface area contributed by atoms with Gasteiger partial charge in [-0.05, 0) is 24.6 Å². The fourth-order valence-corrected chi connectivity index (χ4v) is 9.11. The maximum absolute atomic E-state index is 8.67. The second-order valence-corrected chi connectivity index (χ2v) is 10.7. The summed E-state index contributed by atoms with van der Waals surface area (Å²) in [5.74, 6) is 0. The maximum Gasteiger partial charge on any atom is 0.0625 e. The second kappa shape index (κ2) is 12.3. The Balaban J connectivity index is 4.50. The van der Waals surface area contributed by atoms with Crippen LogP contribution in [0, 0.1) is 45.3 Å². The monoisotopic (exact) mass is 278 g/mol. The minimum absolute atomic E-state index is 0.341. The molecule has 0 unspecified atom stereocenters. The molecule has 0 atom stereocenters. The molecule has 0 fully saturated rings. The van der Waals surface area contributed by atoms with Crippen LogP contribution >= 0.6 is 15.2 Å². The Bertz CT molecular complexity index is 309. The molecule has 0 aromatic rings. The van der Waals surface area contributed by atoms with Crippen molar-refractivity contribution in [1.82, 2.24) is 0 Å². The van der Waals surface area contributed by atoms with E-state index in [2.05, 4.69) is 24.3 Å². The number of hydrogen-bond donors (Lipinski definition) is 0. The summed E-state index contributed by atoms with van der Waals surface area (Å²) in [6.45, 7) is 0. The molecule has 18 heavy (non-hydrogen) atoms. The van der Waals surface area contributed by atoms with Crippen molar-refractivity contribution in [2.24, 2.45) is 0 Å². The molecule has 0 N–H and O–H groups in total. The van der Waals surface area contributed by atoms with Gasteiger partial charge in [0.2, 0.25) is 0 Å². The van der Waals surface area contributed by atoms with Gasteiger partial charge in [0.1, 0.15) is 0 Å². The fourth-order valence-electron chi connectivity index (χ4n) is 1.51. The molecule has 0 aromatic carbocycles. The Morgan fingerprint density at radius 1 is 0.500 bits per heavy atom. The first-order valence-electron chi connectivity index (χ1n) is 5.77. The molecule has 0 spiro atoms. The molecule has 0 rings (SSSR count). The zero-order chi connectivity index (χ0) is 13.6. The number of nitrogens with zero attached hydrogens (tertiary/aromatic N) is 4. The predicted molar refractivity (Wildman–Crippen MR) is 74.2 cm³/mol. The molecule has 6 heteroatoms. The zero-order valence-corrected chi connectivity index (χ0v) is 12.1. The highest BCUT2D eigenvalue weighted by Gasteiger charge is 2.19. The molecular weight excluding hydrogens is 262 g/mol. The van der Waals surface area contributed by atoms with Gasteiger partial charge in [-0.1, -0.05) is 15.2 Å². The minimum atomic E-state index is -0.341. The lowest BCUT2D eigenvalue weighted by Gasteiger charge is -2.26. The van der Waals surface area contributed by atoms with Gasteiger partial charge >= 0.3 is 0 Å². The molecule has 0 amide bonds. The van der Waals surface area contributed by atoms with Crippen LogP contribution in [0.5, 0.6) is 0 Å². The lowest BCUT2D eigenvalue weighted by molar-refractivity contribution is 1.17. The molecule has 94 valence electrons. The Morgan fingerprint density at radius 3 is 0.889 bits per heavy atom. The van der Waals surface area contributed by atoms with E-state index in [1.807, 2.05) is 0 Å². The molecular formula is C12H16N4P2. The number of nitriles is 4. The van der Waals surface area contributed by atoms with Gasteiger partial charge in [0.05, 0.1) is 24.3 Å². The Hall–Kier alpha value is -1.18. The van der Waals surface area contributed by atoms with Crippen molar-refractivity contribution in [2.45, 2.75) is 25.7 Å². The molecule has 0 aliphatic rings. The van der Waals surface area contributed by atoms with E-state index in [4.69, 9.17) is 21.0 Å². The lowest BCUT2D eigenvalue weighted by atomic mass is 10.5. The van der Waals surface area contributed by atoms with Crippen molar-refractivity contribution in [3.63, 3.8) is 0 Å². The average molecular weight is 278 g/mol. The standard InChI is InChI=1S/C12H16N4P2/c13-5-1-9-17(10-2-6-14)18(11-3-7-15)12-4-8-16/h1-4,9-12H2. The first-order chi connectivity index (χ1) is 8.79. The topological polar surface area (TPSA) is 95.2 Å². The van der Waals surface area contributed by atoms with Gasteiger partial charge in [-0.25, -0.2) is 0 Å². The molecule has 0 saturated carbocycles. The van der Waals surface area contributed by atoms with Crippen molar-refractivity contribution in [2.75, 3.05) is 24.6 Å². The molecule has 4 nitrogen and oxygen atoms in total. The summed E-state index contributed by atoms with van der Waals surface area (Å²) >= 11 is 0. The first-order valence-corrected chi connectivity index (χ1v) is 9.90. The van der Waals surface area contributed by atoms with Crippen LogP contribution in [-0.4, -0.2) is 24.6 Å². The Kier molecular flexibility index (Phi) is 11.5. The van der Waals surface area contributed by atoms with Crippen LogP contribution in [0.25, 0.3) is 0 Å². The number of hydrogen-bond acceptors (Lipinski definition) is 4. The van der Waals surface area contributed by atoms with Gasteiger partial charge in [0.15, 0.2) is 0 Å². The van der Waals surface area contributed by atoms with Crippen molar-refractivity contribution in [3.8, 4) is 24.3 Å². The van der Waals surface area contributed by atoms with Gasteiger partial charge in [0, 0.05) is 25.7 Å². The predicted octanol–water partition coefficient (Wildman–Crippen LogP) is 3.52. The third-order valence-electron chi connectivity index (χ3n) is 2.33. The van der Waals surface area contributed by atoms with E-state index in [-0.39, 0.29) is 15.2 Å². The van der Waals surface area contributed by atoms with Crippen molar-refractivity contribution < 1.29 is 0 Å². The van der Waals surface area contributed by atoms with Gasteiger partial charge < -0.3 is 0 Å². The Labute approximate surface area is 111 Å². The van der Waals surface area contributed by atoms with Crippen molar-refractivity contribution in [3.05, 3.63) is 0 Å². The third-order valence-corrected chi connectivity index (χ3v) is 10.9. The summed E-state index contributed by atoms with van der Waals surface area (Å²) in [7, 11) is -0.683. The van der Waals surface area contributed by atoms with Crippen LogP contribution in [0.3, 0.4) is 0 Å². The summed E-state index contributed by atoms with van der Waals surface area (Å²) in [4.78, 5) is 0.